The fraction of sp³-hybridized carbons (Fsp3) is 0.875. The van der Waals surface area contributed by atoms with Crippen molar-refractivity contribution in [2.75, 3.05) is 25.4 Å². The van der Waals surface area contributed by atoms with Gasteiger partial charge in [-0.2, -0.15) is 0 Å². The van der Waals surface area contributed by atoms with Gasteiger partial charge in [0.05, 0.1) is 11.0 Å². The van der Waals surface area contributed by atoms with Crippen molar-refractivity contribution in [2.45, 2.75) is 18.6 Å². The van der Waals surface area contributed by atoms with Crippen molar-refractivity contribution in [1.82, 2.24) is 4.90 Å². The highest BCUT2D eigenvalue weighted by atomic mass is 32.2. The molecule has 0 radical (unpaired) electrons. The molecular formula is C8H16N2O3S. The Bertz CT molecular complexity index is 313. The Morgan fingerprint density at radius 2 is 2.21 bits per heavy atom. The van der Waals surface area contributed by atoms with Gasteiger partial charge < -0.3 is 10.6 Å². The van der Waals surface area contributed by atoms with Crippen molar-refractivity contribution in [1.29, 1.82) is 0 Å². The van der Waals surface area contributed by atoms with E-state index in [-0.39, 0.29) is 11.7 Å². The average Bonchev–Trinajstić information content (AvgIpc) is 2.10. The van der Waals surface area contributed by atoms with E-state index in [2.05, 4.69) is 0 Å². The quantitative estimate of drug-likeness (QED) is 0.646. The van der Waals surface area contributed by atoms with Crippen LogP contribution in [0.25, 0.3) is 0 Å². The van der Waals surface area contributed by atoms with E-state index in [9.17, 15) is 13.2 Å². The Labute approximate surface area is 84.2 Å². The molecule has 0 saturated carbocycles. The summed E-state index contributed by atoms with van der Waals surface area (Å²) in [5, 5.41) is -0.446. The molecule has 1 amide bonds. The Balaban J connectivity index is 2.59. The number of rotatable bonds is 2. The van der Waals surface area contributed by atoms with Crippen molar-refractivity contribution in [2.24, 2.45) is 5.73 Å². The maximum Gasteiger partial charge on any atom is 0.223 e. The van der Waals surface area contributed by atoms with Gasteiger partial charge in [0.15, 0.2) is 9.84 Å². The first-order valence-corrected chi connectivity index (χ1v) is 6.38. The van der Waals surface area contributed by atoms with Crippen molar-refractivity contribution in [3.8, 4) is 0 Å². The molecule has 0 aromatic heterocycles. The molecule has 1 unspecified atom stereocenters. The van der Waals surface area contributed by atoms with E-state index >= 15 is 0 Å². The Morgan fingerprint density at radius 3 is 2.71 bits per heavy atom. The summed E-state index contributed by atoms with van der Waals surface area (Å²) >= 11 is 0. The third-order valence-electron chi connectivity index (χ3n) is 2.45. The highest BCUT2D eigenvalue weighted by Crippen LogP contribution is 2.12. The molecule has 1 heterocycles. The molecule has 1 atom stereocenters. The molecular weight excluding hydrogens is 204 g/mol. The molecule has 6 heteroatoms. The van der Waals surface area contributed by atoms with E-state index in [1.54, 1.807) is 11.8 Å². The predicted octanol–water partition coefficient (Wildman–Crippen LogP) is -1.02. The zero-order chi connectivity index (χ0) is 10.8. The van der Waals surface area contributed by atoms with Crippen molar-refractivity contribution in [3.05, 3.63) is 0 Å². The standard InChI is InChI=1S/C8H16N2O3S/c1-7-6-10(8(11)2-3-9)4-5-14(7,12)13/h7H,2-6,9H2,1H3. The number of sulfone groups is 1. The smallest absolute Gasteiger partial charge is 0.223 e. The molecule has 82 valence electrons. The molecule has 1 rings (SSSR count). The van der Waals surface area contributed by atoms with Crippen LogP contribution in [-0.4, -0.2) is 49.9 Å². The second-order valence-corrected chi connectivity index (χ2v) is 6.09. The van der Waals surface area contributed by atoms with Gasteiger partial charge in [0, 0.05) is 26.1 Å². The number of carbonyl (C=O) groups excluding carboxylic acids is 1. The predicted molar refractivity (Wildman–Crippen MR) is 53.5 cm³/mol. The molecule has 1 fully saturated rings. The Morgan fingerprint density at radius 1 is 1.57 bits per heavy atom. The number of amides is 1. The lowest BCUT2D eigenvalue weighted by Gasteiger charge is -2.30. The number of hydrogen-bond donors (Lipinski definition) is 1. The fourth-order valence-electron chi connectivity index (χ4n) is 1.46. The molecule has 14 heavy (non-hydrogen) atoms. The van der Waals surface area contributed by atoms with Gasteiger partial charge >= 0.3 is 0 Å². The lowest BCUT2D eigenvalue weighted by molar-refractivity contribution is -0.130. The van der Waals surface area contributed by atoms with Gasteiger partial charge in [-0.1, -0.05) is 0 Å². The van der Waals surface area contributed by atoms with Gasteiger partial charge in [0.25, 0.3) is 0 Å². The molecule has 1 aliphatic rings. The van der Waals surface area contributed by atoms with Crippen LogP contribution in [0.3, 0.4) is 0 Å². The highest BCUT2D eigenvalue weighted by molar-refractivity contribution is 7.92. The molecule has 5 nitrogen and oxygen atoms in total. The first-order valence-electron chi connectivity index (χ1n) is 4.67. The van der Waals surface area contributed by atoms with Crippen molar-refractivity contribution < 1.29 is 13.2 Å². The molecule has 0 spiro atoms. The zero-order valence-corrected chi connectivity index (χ0v) is 9.09. The SMILES string of the molecule is CC1CN(C(=O)CCN)CCS1(=O)=O. The van der Waals surface area contributed by atoms with Gasteiger partial charge in [-0.05, 0) is 6.92 Å². The molecule has 2 N–H and O–H groups in total. The maximum atomic E-state index is 11.4. The number of nitrogens with two attached hydrogens (primary N) is 1. The topological polar surface area (TPSA) is 80.5 Å². The van der Waals surface area contributed by atoms with Crippen LogP contribution in [0.5, 0.6) is 0 Å². The van der Waals surface area contributed by atoms with E-state index in [1.165, 1.54) is 0 Å². The summed E-state index contributed by atoms with van der Waals surface area (Å²) in [7, 11) is -2.97. The van der Waals surface area contributed by atoms with E-state index in [0.717, 1.165) is 0 Å². The highest BCUT2D eigenvalue weighted by Gasteiger charge is 2.31. The van der Waals surface area contributed by atoms with Crippen LogP contribution >= 0.6 is 0 Å². The van der Waals surface area contributed by atoms with Gasteiger partial charge in [0.2, 0.25) is 5.91 Å². The van der Waals surface area contributed by atoms with Crippen LogP contribution in [0, 0.1) is 0 Å². The van der Waals surface area contributed by atoms with E-state index in [1.807, 2.05) is 0 Å². The minimum Gasteiger partial charge on any atom is -0.340 e. The monoisotopic (exact) mass is 220 g/mol. The number of nitrogens with zero attached hydrogens (tertiary/aromatic N) is 1. The summed E-state index contributed by atoms with van der Waals surface area (Å²) in [4.78, 5) is 13.0. The Hall–Kier alpha value is -0.620. The largest absolute Gasteiger partial charge is 0.340 e. The summed E-state index contributed by atoms with van der Waals surface area (Å²) in [6, 6.07) is 0. The van der Waals surface area contributed by atoms with Crippen LogP contribution < -0.4 is 5.73 Å². The first-order chi connectivity index (χ1) is 6.47. The van der Waals surface area contributed by atoms with Gasteiger partial charge in [-0.3, -0.25) is 4.79 Å². The van der Waals surface area contributed by atoms with Gasteiger partial charge in [-0.15, -0.1) is 0 Å². The molecule has 1 saturated heterocycles. The molecule has 0 aromatic rings. The number of carbonyl (C=O) groups is 1. The van der Waals surface area contributed by atoms with Gasteiger partial charge in [0.1, 0.15) is 0 Å². The average molecular weight is 220 g/mol. The van der Waals surface area contributed by atoms with Gasteiger partial charge in [-0.25, -0.2) is 8.42 Å². The fourth-order valence-corrected chi connectivity index (χ4v) is 2.75. The van der Waals surface area contributed by atoms with Crippen molar-refractivity contribution >= 4 is 15.7 Å². The third-order valence-corrected chi connectivity index (χ3v) is 4.57. The van der Waals surface area contributed by atoms with Crippen LogP contribution in [-0.2, 0) is 14.6 Å². The summed E-state index contributed by atoms with van der Waals surface area (Å²) in [6.45, 7) is 2.57. The third kappa shape index (κ3) is 2.45. The lowest BCUT2D eigenvalue weighted by atomic mass is 10.3. The van der Waals surface area contributed by atoms with Crippen molar-refractivity contribution in [3.63, 3.8) is 0 Å². The summed E-state index contributed by atoms with van der Waals surface area (Å²) in [5.41, 5.74) is 5.26. The minimum atomic E-state index is -2.97. The first kappa shape index (κ1) is 11.5. The lowest BCUT2D eigenvalue weighted by Crippen LogP contribution is -2.48. The molecule has 1 aliphatic heterocycles. The van der Waals surface area contributed by atoms with E-state index in [4.69, 9.17) is 5.73 Å². The molecule has 0 aliphatic carbocycles. The normalized spacial score (nSPS) is 26.1. The van der Waals surface area contributed by atoms with Crippen LogP contribution in [0.1, 0.15) is 13.3 Å². The molecule has 0 bridgehead atoms. The minimum absolute atomic E-state index is 0.0470. The van der Waals surface area contributed by atoms with E-state index in [0.29, 0.717) is 26.1 Å². The molecule has 0 aromatic carbocycles. The summed E-state index contributed by atoms with van der Waals surface area (Å²) in [5.74, 6) is 0.0269. The number of hydrogen-bond acceptors (Lipinski definition) is 4. The second kappa shape index (κ2) is 4.27. The second-order valence-electron chi connectivity index (χ2n) is 3.56. The summed E-state index contributed by atoms with van der Waals surface area (Å²) in [6.07, 6.45) is 0.298. The van der Waals surface area contributed by atoms with E-state index < -0.39 is 15.1 Å². The Kier molecular flexibility index (Phi) is 3.49. The summed E-state index contributed by atoms with van der Waals surface area (Å²) < 4.78 is 22.7. The van der Waals surface area contributed by atoms with Crippen LogP contribution in [0.2, 0.25) is 0 Å². The maximum absolute atomic E-state index is 11.4. The van der Waals surface area contributed by atoms with Crippen LogP contribution in [0.15, 0.2) is 0 Å². The van der Waals surface area contributed by atoms with Crippen LogP contribution in [0.4, 0.5) is 0 Å². The zero-order valence-electron chi connectivity index (χ0n) is 8.27.